The van der Waals surface area contributed by atoms with E-state index in [0.29, 0.717) is 32.5 Å². The molecule has 3 fully saturated rings. The monoisotopic (exact) mass is 478 g/mol. The number of hydrogen-bond acceptors (Lipinski definition) is 6. The van der Waals surface area contributed by atoms with Crippen molar-refractivity contribution >= 4 is 29.5 Å². The Bertz CT molecular complexity index is 794. The van der Waals surface area contributed by atoms with Crippen LogP contribution >= 0.6 is 11.8 Å². The molecule has 0 radical (unpaired) electrons. The van der Waals surface area contributed by atoms with Gasteiger partial charge >= 0.3 is 5.97 Å². The summed E-state index contributed by atoms with van der Waals surface area (Å²) in [6.07, 6.45) is 6.85. The number of nitrogens with zero attached hydrogens (tertiary/aromatic N) is 2. The topological polar surface area (TPSA) is 87.2 Å². The number of aliphatic hydroxyl groups excluding tert-OH is 1. The molecule has 1 N–H and O–H groups in total. The molecule has 3 saturated heterocycles. The van der Waals surface area contributed by atoms with Gasteiger partial charge in [0.15, 0.2) is 0 Å². The van der Waals surface area contributed by atoms with Gasteiger partial charge < -0.3 is 19.6 Å². The van der Waals surface area contributed by atoms with Crippen LogP contribution in [-0.4, -0.2) is 80.6 Å². The molecule has 3 heterocycles. The highest BCUT2D eigenvalue weighted by atomic mass is 32.2. The van der Waals surface area contributed by atoms with Gasteiger partial charge in [-0.2, -0.15) is 0 Å². The summed E-state index contributed by atoms with van der Waals surface area (Å²) in [5.74, 6) is -1.69. The number of fused-ring (bicyclic) bond motifs is 1. The van der Waals surface area contributed by atoms with Crippen LogP contribution in [0.4, 0.5) is 0 Å². The molecule has 3 aliphatic heterocycles. The van der Waals surface area contributed by atoms with Crippen molar-refractivity contribution in [3.63, 3.8) is 0 Å². The lowest BCUT2D eigenvalue weighted by Crippen LogP contribution is -2.58. The highest BCUT2D eigenvalue weighted by Crippen LogP contribution is 2.66. The van der Waals surface area contributed by atoms with Crippen molar-refractivity contribution in [2.75, 3.05) is 26.3 Å². The molecule has 8 heteroatoms. The van der Waals surface area contributed by atoms with Gasteiger partial charge in [0.05, 0.1) is 23.2 Å². The summed E-state index contributed by atoms with van der Waals surface area (Å²) >= 11 is 1.64. The van der Waals surface area contributed by atoms with Crippen LogP contribution in [0.15, 0.2) is 25.3 Å². The summed E-state index contributed by atoms with van der Waals surface area (Å²) in [6.45, 7) is 14.3. The van der Waals surface area contributed by atoms with Gasteiger partial charge in [-0.1, -0.05) is 12.2 Å². The number of amides is 2. The van der Waals surface area contributed by atoms with E-state index >= 15 is 0 Å². The molecule has 3 aliphatic rings. The van der Waals surface area contributed by atoms with Crippen molar-refractivity contribution in [3.8, 4) is 0 Å². The first kappa shape index (κ1) is 25.8. The van der Waals surface area contributed by atoms with Crippen LogP contribution in [0.3, 0.4) is 0 Å². The summed E-state index contributed by atoms with van der Waals surface area (Å²) in [5, 5.41) is 9.43. The van der Waals surface area contributed by atoms with Crippen LogP contribution in [0.2, 0.25) is 0 Å². The maximum atomic E-state index is 14.0. The standard InChI is InChI=1S/C25H38N2O5S/c1-6-8-9-16-32-23(31)18-17-11-12-25(33-17)19(18)21(29)26(14-10-15-28)20(25)22(30)27(13-7-2)24(3,4)5/h6-7,17-20,28H,1-2,8-16H2,3-5H3/t17-,18+,19-,20?,25?/m0/s1. The van der Waals surface area contributed by atoms with Crippen molar-refractivity contribution in [1.82, 2.24) is 9.80 Å². The summed E-state index contributed by atoms with van der Waals surface area (Å²) < 4.78 is 4.93. The minimum atomic E-state index is -0.658. The lowest BCUT2D eigenvalue weighted by Gasteiger charge is -2.42. The Kier molecular flexibility index (Phi) is 7.99. The van der Waals surface area contributed by atoms with Gasteiger partial charge in [0.25, 0.3) is 0 Å². The van der Waals surface area contributed by atoms with Gasteiger partial charge in [-0.3, -0.25) is 14.4 Å². The van der Waals surface area contributed by atoms with Crippen LogP contribution in [-0.2, 0) is 19.1 Å². The van der Waals surface area contributed by atoms with Crippen LogP contribution in [0.5, 0.6) is 0 Å². The van der Waals surface area contributed by atoms with E-state index in [4.69, 9.17) is 4.74 Å². The van der Waals surface area contributed by atoms with Gasteiger partial charge in [-0.05, 0) is 52.9 Å². The largest absolute Gasteiger partial charge is 0.465 e. The summed E-state index contributed by atoms with van der Waals surface area (Å²) in [5.41, 5.74) is -0.448. The van der Waals surface area contributed by atoms with Gasteiger partial charge in [-0.25, -0.2) is 0 Å². The first-order valence-corrected chi connectivity index (χ1v) is 12.8. The predicted molar refractivity (Wildman–Crippen MR) is 130 cm³/mol. The zero-order valence-electron chi connectivity index (χ0n) is 20.1. The second kappa shape index (κ2) is 10.2. The minimum absolute atomic E-state index is 0.0105. The molecular formula is C25H38N2O5S. The Morgan fingerprint density at radius 1 is 1.30 bits per heavy atom. The van der Waals surface area contributed by atoms with E-state index in [1.165, 1.54) is 0 Å². The predicted octanol–water partition coefficient (Wildman–Crippen LogP) is 2.78. The van der Waals surface area contributed by atoms with E-state index in [1.54, 1.807) is 33.7 Å². The Morgan fingerprint density at radius 2 is 2.03 bits per heavy atom. The zero-order chi connectivity index (χ0) is 24.4. The third kappa shape index (κ3) is 4.61. The number of ether oxygens (including phenoxy) is 1. The van der Waals surface area contributed by atoms with Crippen LogP contribution in [0.1, 0.15) is 52.9 Å². The number of esters is 1. The summed E-state index contributed by atoms with van der Waals surface area (Å²) in [4.78, 5) is 44.3. The van der Waals surface area contributed by atoms with E-state index in [2.05, 4.69) is 13.2 Å². The van der Waals surface area contributed by atoms with E-state index in [1.807, 2.05) is 20.8 Å². The summed E-state index contributed by atoms with van der Waals surface area (Å²) in [6, 6.07) is -0.658. The van der Waals surface area contributed by atoms with Gasteiger partial charge in [0.1, 0.15) is 6.04 Å². The molecular weight excluding hydrogens is 440 g/mol. The van der Waals surface area contributed by atoms with E-state index in [0.717, 1.165) is 19.3 Å². The van der Waals surface area contributed by atoms with Crippen LogP contribution < -0.4 is 0 Å². The SMILES string of the molecule is C=CCCCOC(=O)[C@@H]1[C@@H]2CCC3(S2)C(C(=O)N(CC=C)C(C)(C)C)N(CCCO)C(=O)[C@H]13. The second-order valence-electron chi connectivity index (χ2n) is 10.2. The Balaban J connectivity index is 1.94. The highest BCUT2D eigenvalue weighted by molar-refractivity contribution is 8.02. The van der Waals surface area contributed by atoms with Crippen molar-refractivity contribution in [3.05, 3.63) is 25.3 Å². The Morgan fingerprint density at radius 3 is 2.64 bits per heavy atom. The maximum Gasteiger partial charge on any atom is 0.310 e. The Labute approximate surface area is 201 Å². The number of carbonyl (C=O) groups is 3. The molecule has 0 saturated carbocycles. The van der Waals surface area contributed by atoms with E-state index in [-0.39, 0.29) is 29.6 Å². The van der Waals surface area contributed by atoms with Crippen LogP contribution in [0.25, 0.3) is 0 Å². The number of thioether (sulfide) groups is 1. The summed E-state index contributed by atoms with van der Waals surface area (Å²) in [7, 11) is 0. The fraction of sp³-hybridized carbons (Fsp3) is 0.720. The number of rotatable bonds is 11. The fourth-order valence-corrected chi connectivity index (χ4v) is 7.85. The maximum absolute atomic E-state index is 14.0. The first-order valence-electron chi connectivity index (χ1n) is 11.9. The number of hydrogen-bond donors (Lipinski definition) is 1. The Hall–Kier alpha value is -1.80. The number of unbranched alkanes of at least 4 members (excludes halogenated alkanes) is 1. The molecule has 33 heavy (non-hydrogen) atoms. The van der Waals surface area contributed by atoms with Crippen molar-refractivity contribution in [1.29, 1.82) is 0 Å². The smallest absolute Gasteiger partial charge is 0.310 e. The number of aliphatic hydroxyl groups is 1. The van der Waals surface area contributed by atoms with Crippen LogP contribution in [0, 0.1) is 11.8 Å². The zero-order valence-corrected chi connectivity index (χ0v) is 20.9. The lowest BCUT2D eigenvalue weighted by molar-refractivity contribution is -0.154. The molecule has 5 atom stereocenters. The van der Waals surface area contributed by atoms with Crippen molar-refractivity contribution < 1.29 is 24.2 Å². The lowest BCUT2D eigenvalue weighted by atomic mass is 9.71. The fourth-order valence-electron chi connectivity index (χ4n) is 5.65. The van der Waals surface area contributed by atoms with E-state index in [9.17, 15) is 19.5 Å². The molecule has 2 amide bonds. The molecule has 1 spiro atoms. The number of allylic oxidation sites excluding steroid dienone is 1. The quantitative estimate of drug-likeness (QED) is 0.279. The van der Waals surface area contributed by atoms with E-state index < -0.39 is 28.2 Å². The molecule has 0 aromatic carbocycles. The minimum Gasteiger partial charge on any atom is -0.465 e. The first-order chi connectivity index (χ1) is 15.6. The normalized spacial score (nSPS) is 30.3. The molecule has 7 nitrogen and oxygen atoms in total. The molecule has 0 aliphatic carbocycles. The average Bonchev–Trinajstić information content (AvgIpc) is 3.39. The molecule has 2 bridgehead atoms. The van der Waals surface area contributed by atoms with Gasteiger partial charge in [0.2, 0.25) is 11.8 Å². The highest BCUT2D eigenvalue weighted by Gasteiger charge is 2.74. The average molecular weight is 479 g/mol. The number of likely N-dealkylation sites (tertiary alicyclic amines) is 1. The van der Waals surface area contributed by atoms with Crippen molar-refractivity contribution in [2.24, 2.45) is 11.8 Å². The van der Waals surface area contributed by atoms with Gasteiger partial charge in [0, 0.05) is 30.5 Å². The molecule has 0 aromatic rings. The molecule has 2 unspecified atom stereocenters. The third-order valence-corrected chi connectivity index (χ3v) is 9.00. The van der Waals surface area contributed by atoms with Gasteiger partial charge in [-0.15, -0.1) is 24.9 Å². The number of carbonyl (C=O) groups excluding carboxylic acids is 3. The second-order valence-corrected chi connectivity index (χ2v) is 11.8. The molecule has 3 rings (SSSR count). The molecule has 184 valence electrons. The van der Waals surface area contributed by atoms with Crippen molar-refractivity contribution in [2.45, 2.75) is 74.5 Å². The third-order valence-electron chi connectivity index (χ3n) is 7.05. The molecule has 0 aromatic heterocycles.